The Labute approximate surface area is 286 Å². The van der Waals surface area contributed by atoms with E-state index in [1.165, 1.54) is 15.0 Å². The van der Waals surface area contributed by atoms with Gasteiger partial charge in [0.2, 0.25) is 0 Å². The third-order valence-electron chi connectivity index (χ3n) is 8.46. The first-order valence-electron chi connectivity index (χ1n) is 16.8. The van der Waals surface area contributed by atoms with Gasteiger partial charge in [0.1, 0.15) is 25.3 Å². The van der Waals surface area contributed by atoms with Gasteiger partial charge in [-0.3, -0.25) is 19.3 Å². The van der Waals surface area contributed by atoms with Crippen molar-refractivity contribution in [2.24, 2.45) is 5.90 Å². The van der Waals surface area contributed by atoms with E-state index in [1.54, 1.807) is 4.90 Å². The molecule has 0 aliphatic carbocycles. The van der Waals surface area contributed by atoms with Crippen LogP contribution >= 0.6 is 0 Å². The van der Waals surface area contributed by atoms with Crippen LogP contribution in [0.2, 0.25) is 0 Å². The van der Waals surface area contributed by atoms with E-state index >= 15 is 0 Å². The summed E-state index contributed by atoms with van der Waals surface area (Å²) in [6.07, 6.45) is 4.31. The monoisotopic (exact) mass is 684 g/mol. The highest BCUT2D eigenvalue weighted by molar-refractivity contribution is 5.88. The summed E-state index contributed by atoms with van der Waals surface area (Å²) in [5, 5.41) is 11.9. The van der Waals surface area contributed by atoms with Gasteiger partial charge in [-0.05, 0) is 49.7 Å². The minimum Gasteiger partial charge on any atom is -0.480 e. The molecule has 4 aliphatic rings. The summed E-state index contributed by atoms with van der Waals surface area (Å²) in [7, 11) is 0. The molecule has 49 heavy (non-hydrogen) atoms. The summed E-state index contributed by atoms with van der Waals surface area (Å²) in [5.74, 6) is 3.43. The van der Waals surface area contributed by atoms with Crippen LogP contribution in [0.1, 0.15) is 63.5 Å². The van der Waals surface area contributed by atoms with Crippen molar-refractivity contribution in [3.8, 4) is 0 Å². The Balaban J connectivity index is 0.000000197. The second kappa shape index (κ2) is 19.0. The van der Waals surface area contributed by atoms with Crippen LogP contribution < -0.4 is 11.4 Å². The molecule has 6 rings (SSSR count). The van der Waals surface area contributed by atoms with Crippen molar-refractivity contribution in [2.45, 2.75) is 89.8 Å². The van der Waals surface area contributed by atoms with Gasteiger partial charge in [0.25, 0.3) is 5.91 Å². The molecule has 0 unspecified atom stereocenters. The van der Waals surface area contributed by atoms with Crippen LogP contribution in [-0.2, 0) is 42.2 Å². The van der Waals surface area contributed by atoms with E-state index in [0.29, 0.717) is 58.8 Å². The molecule has 2 aromatic carbocycles. The second-order valence-corrected chi connectivity index (χ2v) is 12.1. The van der Waals surface area contributed by atoms with Crippen LogP contribution in [0.5, 0.6) is 0 Å². The lowest BCUT2D eigenvalue weighted by atomic mass is 10.0. The lowest BCUT2D eigenvalue weighted by molar-refractivity contribution is -0.143. The van der Waals surface area contributed by atoms with Crippen molar-refractivity contribution in [1.29, 1.82) is 0 Å². The van der Waals surface area contributed by atoms with Gasteiger partial charge >= 0.3 is 18.0 Å². The minimum absolute atomic E-state index is 0.00169. The van der Waals surface area contributed by atoms with Gasteiger partial charge in [-0.1, -0.05) is 74.5 Å². The Bertz CT molecular complexity index is 1350. The molecule has 0 spiro atoms. The van der Waals surface area contributed by atoms with Gasteiger partial charge in [-0.15, -0.1) is 0 Å². The molecule has 5 amide bonds. The summed E-state index contributed by atoms with van der Waals surface area (Å²) < 4.78 is 0. The summed E-state index contributed by atoms with van der Waals surface area (Å²) in [5.41, 5.74) is 4.42. The molecule has 2 aromatic rings. The molecule has 4 heterocycles. The fourth-order valence-corrected chi connectivity index (χ4v) is 5.97. The van der Waals surface area contributed by atoms with Gasteiger partial charge in [0.05, 0.1) is 25.3 Å². The van der Waals surface area contributed by atoms with Gasteiger partial charge < -0.3 is 19.7 Å². The van der Waals surface area contributed by atoms with Crippen molar-refractivity contribution in [1.82, 2.24) is 25.4 Å². The van der Waals surface area contributed by atoms with E-state index in [2.05, 4.69) is 16.2 Å². The topological polar surface area (TPSA) is 176 Å². The van der Waals surface area contributed by atoms with Crippen molar-refractivity contribution in [3.05, 3.63) is 71.8 Å². The molecule has 4 N–H and O–H groups in total. The number of urea groups is 2. The van der Waals surface area contributed by atoms with E-state index < -0.39 is 18.1 Å². The van der Waals surface area contributed by atoms with Crippen LogP contribution in [0, 0.1) is 0 Å². The number of piperidine rings is 2. The third kappa shape index (κ3) is 10.1. The molecule has 0 aromatic heterocycles. The first-order valence-corrected chi connectivity index (χ1v) is 16.8. The Hall–Kier alpha value is -4.28. The predicted octanol–water partition coefficient (Wildman–Crippen LogP) is 3.60. The molecule has 4 aliphatic heterocycles. The molecule has 4 saturated heterocycles. The fraction of sp³-hybridized carbons (Fsp3) is 0.529. The van der Waals surface area contributed by atoms with Crippen molar-refractivity contribution in [3.63, 3.8) is 0 Å². The molecular formula is C34H48N6O9. The molecule has 268 valence electrons. The summed E-state index contributed by atoms with van der Waals surface area (Å²) >= 11 is 0. The number of benzene rings is 2. The van der Waals surface area contributed by atoms with E-state index in [-0.39, 0.29) is 30.1 Å². The molecule has 15 heteroatoms. The van der Waals surface area contributed by atoms with Crippen molar-refractivity contribution in [2.75, 3.05) is 26.3 Å². The highest BCUT2D eigenvalue weighted by atomic mass is 16.7. The molecule has 4 bridgehead atoms. The Kier molecular flexibility index (Phi) is 14.6. The maximum atomic E-state index is 12.6. The number of nitrogens with zero attached hydrogens (tertiary/aromatic N) is 4. The van der Waals surface area contributed by atoms with Gasteiger partial charge in [-0.25, -0.2) is 25.8 Å². The van der Waals surface area contributed by atoms with Crippen LogP contribution in [0.3, 0.4) is 0 Å². The maximum Gasteiger partial charge on any atom is 0.345 e. The number of carboxylic acid groups (broad SMARTS) is 1. The molecule has 4 fully saturated rings. The highest BCUT2D eigenvalue weighted by Crippen LogP contribution is 2.31. The number of carbonyl (C=O) groups is 4. The van der Waals surface area contributed by atoms with E-state index in [1.807, 2.05) is 74.5 Å². The number of hydrogen-bond acceptors (Lipinski definition) is 9. The Morgan fingerprint density at radius 1 is 0.755 bits per heavy atom. The maximum absolute atomic E-state index is 12.6. The predicted molar refractivity (Wildman–Crippen MR) is 176 cm³/mol. The Morgan fingerprint density at radius 2 is 1.22 bits per heavy atom. The smallest absolute Gasteiger partial charge is 0.345 e. The summed E-state index contributed by atoms with van der Waals surface area (Å²) in [6.45, 7) is 6.70. The molecule has 0 radical (unpaired) electrons. The Morgan fingerprint density at radius 3 is 1.65 bits per heavy atom. The average Bonchev–Trinajstić information content (AvgIpc) is 3.50. The minimum atomic E-state index is -0.943. The van der Waals surface area contributed by atoms with Crippen LogP contribution in [0.25, 0.3) is 0 Å². The zero-order valence-electron chi connectivity index (χ0n) is 28.1. The fourth-order valence-electron chi connectivity index (χ4n) is 5.97. The average molecular weight is 685 g/mol. The second-order valence-electron chi connectivity index (χ2n) is 12.1. The molecule has 15 nitrogen and oxygen atoms in total. The number of rotatable bonds is 13. The zero-order chi connectivity index (χ0) is 35.2. The first kappa shape index (κ1) is 37.5. The largest absolute Gasteiger partial charge is 0.480 e. The number of nitrogens with two attached hydrogens (primary N) is 1. The number of carboxylic acids is 1. The van der Waals surface area contributed by atoms with E-state index in [4.69, 9.17) is 19.6 Å². The van der Waals surface area contributed by atoms with E-state index in [0.717, 1.165) is 30.4 Å². The lowest BCUT2D eigenvalue weighted by Crippen LogP contribution is -2.49. The lowest BCUT2D eigenvalue weighted by Gasteiger charge is -2.28. The molecular weight excluding hydrogens is 636 g/mol. The van der Waals surface area contributed by atoms with Crippen LogP contribution in [0.4, 0.5) is 9.59 Å². The number of amides is 5. The molecule has 0 saturated carbocycles. The normalized spacial score (nSPS) is 22.3. The van der Waals surface area contributed by atoms with Crippen LogP contribution in [-0.4, -0.2) is 99.4 Å². The van der Waals surface area contributed by atoms with Gasteiger partial charge in [-0.2, -0.15) is 10.1 Å². The SMILES string of the molecule is CCCON.CCCONC(=O)[C@@H]1CC[C@@H]2CN1C(=O)N2OCc1ccccc1.O=C(O)[C@@H]1CC[C@@H]2CN1C(=O)N2OCc1ccccc1. The van der Waals surface area contributed by atoms with Gasteiger partial charge in [0.15, 0.2) is 0 Å². The van der Waals surface area contributed by atoms with Gasteiger partial charge in [0, 0.05) is 13.1 Å². The number of carbonyl (C=O) groups excluding carboxylic acids is 3. The highest BCUT2D eigenvalue weighted by Gasteiger charge is 2.49. The van der Waals surface area contributed by atoms with E-state index in [9.17, 15) is 19.2 Å². The first-order chi connectivity index (χ1) is 23.8. The van der Waals surface area contributed by atoms with Crippen molar-refractivity contribution >= 4 is 23.9 Å². The number of hydroxylamine groups is 5. The quantitative estimate of drug-likeness (QED) is 0.209. The third-order valence-corrected chi connectivity index (χ3v) is 8.46. The number of fused-ring (bicyclic) bond motifs is 4. The summed E-state index contributed by atoms with van der Waals surface area (Å²) in [4.78, 5) is 71.6. The number of nitrogens with one attached hydrogen (secondary N) is 1. The number of hydrogen-bond donors (Lipinski definition) is 3. The van der Waals surface area contributed by atoms with Crippen molar-refractivity contribution < 1.29 is 43.6 Å². The summed E-state index contributed by atoms with van der Waals surface area (Å²) in [6, 6.07) is 17.5. The zero-order valence-corrected chi connectivity index (χ0v) is 28.1. The van der Waals surface area contributed by atoms with Crippen LogP contribution in [0.15, 0.2) is 60.7 Å². The number of aliphatic carboxylic acids is 1. The molecule has 4 atom stereocenters. The standard InChI is InChI=1S/C17H23N3O4.C14H16N2O4.C3H9NO/c1-2-10-23-18-16(21)15-9-8-14-11-19(15)17(22)20(14)24-12-13-6-4-3-5-7-13;17-13(18)12-7-6-11-8-15(12)14(19)16(11)20-9-10-4-2-1-3-5-10;1-2-3-5-4/h3-7,14-15H,2,8-12H2,1H3,(H,18,21);1-5,11-12H,6-9H2,(H,17,18);2-4H2,1H3/t14-,15+;11-,12+;/m11./s1.